The van der Waals surface area contributed by atoms with Crippen molar-refractivity contribution in [2.75, 3.05) is 26.3 Å². The first-order valence-electron chi connectivity index (χ1n) is 6.99. The molecule has 0 spiro atoms. The van der Waals surface area contributed by atoms with Crippen LogP contribution in [0, 0.1) is 5.92 Å². The van der Waals surface area contributed by atoms with Crippen LogP contribution in [0.3, 0.4) is 0 Å². The molecule has 1 fully saturated rings. The lowest BCUT2D eigenvalue weighted by molar-refractivity contribution is -0.160. The number of aliphatic carboxylic acids is 1. The van der Waals surface area contributed by atoms with Gasteiger partial charge in [0.05, 0.1) is 19.1 Å². The van der Waals surface area contributed by atoms with Gasteiger partial charge in [0.15, 0.2) is 6.10 Å². The summed E-state index contributed by atoms with van der Waals surface area (Å²) in [4.78, 5) is 25.1. The van der Waals surface area contributed by atoms with Gasteiger partial charge >= 0.3 is 5.97 Å². The molecular weight excluding hydrogens is 274 g/mol. The maximum absolute atomic E-state index is 12.5. The standard InChI is InChI=1S/C15H17NO5/c17-14(16-5-6-20-13(8-16)15(18)19)11-7-10-3-1-2-4-12(10)21-9-11/h1-4,11,13H,5-9H2,(H,18,19)/t11-,13-/m1/s1. The molecule has 2 aliphatic rings. The van der Waals surface area contributed by atoms with Gasteiger partial charge < -0.3 is 19.5 Å². The molecule has 2 heterocycles. The number of carbonyl (C=O) groups is 2. The molecule has 1 N–H and O–H groups in total. The average molecular weight is 291 g/mol. The molecule has 6 nitrogen and oxygen atoms in total. The van der Waals surface area contributed by atoms with Crippen LogP contribution < -0.4 is 4.74 Å². The third-order valence-corrected chi connectivity index (χ3v) is 3.88. The Morgan fingerprint density at radius 1 is 1.29 bits per heavy atom. The lowest BCUT2D eigenvalue weighted by Crippen LogP contribution is -2.51. The van der Waals surface area contributed by atoms with Crippen LogP contribution in [-0.2, 0) is 20.7 Å². The number of carboxylic acids is 1. The zero-order chi connectivity index (χ0) is 14.8. The highest BCUT2D eigenvalue weighted by molar-refractivity contribution is 5.81. The molecule has 0 aliphatic carbocycles. The summed E-state index contributed by atoms with van der Waals surface area (Å²) in [6.45, 7) is 1.13. The molecule has 6 heteroatoms. The Balaban J connectivity index is 1.67. The summed E-state index contributed by atoms with van der Waals surface area (Å²) in [5, 5.41) is 8.99. The fourth-order valence-electron chi connectivity index (χ4n) is 2.74. The van der Waals surface area contributed by atoms with Crippen molar-refractivity contribution in [1.82, 2.24) is 4.90 Å². The molecular formula is C15H17NO5. The van der Waals surface area contributed by atoms with Gasteiger partial charge in [-0.1, -0.05) is 18.2 Å². The number of morpholine rings is 1. The van der Waals surface area contributed by atoms with Crippen molar-refractivity contribution in [3.05, 3.63) is 29.8 Å². The summed E-state index contributed by atoms with van der Waals surface area (Å²) in [5.41, 5.74) is 1.02. The van der Waals surface area contributed by atoms with E-state index in [4.69, 9.17) is 14.6 Å². The Kier molecular flexibility index (Phi) is 3.79. The van der Waals surface area contributed by atoms with Gasteiger partial charge in [-0.3, -0.25) is 4.79 Å². The van der Waals surface area contributed by atoms with E-state index in [0.29, 0.717) is 19.6 Å². The quantitative estimate of drug-likeness (QED) is 0.861. The van der Waals surface area contributed by atoms with Gasteiger partial charge in [-0.05, 0) is 18.1 Å². The van der Waals surface area contributed by atoms with Crippen molar-refractivity contribution in [1.29, 1.82) is 0 Å². The zero-order valence-electron chi connectivity index (χ0n) is 11.5. The minimum atomic E-state index is -1.03. The summed E-state index contributed by atoms with van der Waals surface area (Å²) in [5.74, 6) is -0.517. The second kappa shape index (κ2) is 5.73. The van der Waals surface area contributed by atoms with Crippen molar-refractivity contribution >= 4 is 11.9 Å². The van der Waals surface area contributed by atoms with Crippen LogP contribution in [0.2, 0.25) is 0 Å². The van der Waals surface area contributed by atoms with Crippen molar-refractivity contribution in [2.24, 2.45) is 5.92 Å². The third kappa shape index (κ3) is 2.85. The highest BCUT2D eigenvalue weighted by Gasteiger charge is 2.34. The fourth-order valence-corrected chi connectivity index (χ4v) is 2.74. The first kappa shape index (κ1) is 13.9. The Morgan fingerprint density at radius 2 is 2.10 bits per heavy atom. The molecule has 0 bridgehead atoms. The smallest absolute Gasteiger partial charge is 0.334 e. The van der Waals surface area contributed by atoms with Gasteiger partial charge in [0.25, 0.3) is 0 Å². The van der Waals surface area contributed by atoms with Gasteiger partial charge in [-0.15, -0.1) is 0 Å². The van der Waals surface area contributed by atoms with E-state index in [1.807, 2.05) is 24.3 Å². The van der Waals surface area contributed by atoms with E-state index in [2.05, 4.69) is 0 Å². The first-order valence-corrected chi connectivity index (χ1v) is 6.99. The molecule has 1 aromatic carbocycles. The number of benzene rings is 1. The van der Waals surface area contributed by atoms with Crippen LogP contribution in [0.4, 0.5) is 0 Å². The average Bonchev–Trinajstić information content (AvgIpc) is 2.53. The van der Waals surface area contributed by atoms with E-state index in [-0.39, 0.29) is 25.0 Å². The monoisotopic (exact) mass is 291 g/mol. The van der Waals surface area contributed by atoms with Gasteiger partial charge in [-0.25, -0.2) is 4.79 Å². The topological polar surface area (TPSA) is 76.1 Å². The lowest BCUT2D eigenvalue weighted by Gasteiger charge is -2.34. The zero-order valence-corrected chi connectivity index (χ0v) is 11.5. The molecule has 2 aliphatic heterocycles. The van der Waals surface area contributed by atoms with Crippen LogP contribution >= 0.6 is 0 Å². The van der Waals surface area contributed by atoms with Gasteiger partial charge in [0.1, 0.15) is 12.4 Å². The normalized spacial score (nSPS) is 24.9. The molecule has 0 unspecified atom stereocenters. The SMILES string of the molecule is O=C(O)[C@H]1CN(C(=O)[C@H]2COc3ccccc3C2)CCO1. The number of ether oxygens (including phenoxy) is 2. The molecule has 0 saturated carbocycles. The van der Waals surface area contributed by atoms with Crippen molar-refractivity contribution < 1.29 is 24.2 Å². The predicted molar refractivity (Wildman–Crippen MR) is 73.1 cm³/mol. The van der Waals surface area contributed by atoms with E-state index in [0.717, 1.165) is 11.3 Å². The number of carboxylic acid groups (broad SMARTS) is 1. The van der Waals surface area contributed by atoms with E-state index >= 15 is 0 Å². The lowest BCUT2D eigenvalue weighted by atomic mass is 9.95. The molecule has 21 heavy (non-hydrogen) atoms. The molecule has 1 amide bonds. The van der Waals surface area contributed by atoms with E-state index in [1.54, 1.807) is 4.90 Å². The highest BCUT2D eigenvalue weighted by atomic mass is 16.5. The van der Waals surface area contributed by atoms with Crippen LogP contribution in [0.1, 0.15) is 5.56 Å². The number of para-hydroxylation sites is 1. The van der Waals surface area contributed by atoms with E-state index in [1.165, 1.54) is 0 Å². The second-order valence-corrected chi connectivity index (χ2v) is 5.30. The summed E-state index contributed by atoms with van der Waals surface area (Å²) in [6.07, 6.45) is -0.302. The van der Waals surface area contributed by atoms with Crippen molar-refractivity contribution in [3.63, 3.8) is 0 Å². The molecule has 0 radical (unpaired) electrons. The summed E-state index contributed by atoms with van der Waals surface area (Å²) >= 11 is 0. The van der Waals surface area contributed by atoms with E-state index in [9.17, 15) is 9.59 Å². The number of hydrogen-bond acceptors (Lipinski definition) is 4. The highest BCUT2D eigenvalue weighted by Crippen LogP contribution is 2.28. The number of nitrogens with zero attached hydrogens (tertiary/aromatic N) is 1. The van der Waals surface area contributed by atoms with Crippen molar-refractivity contribution in [3.8, 4) is 5.75 Å². The van der Waals surface area contributed by atoms with Gasteiger partial charge in [-0.2, -0.15) is 0 Å². The largest absolute Gasteiger partial charge is 0.492 e. The Bertz CT molecular complexity index is 559. The Labute approximate surface area is 122 Å². The second-order valence-electron chi connectivity index (χ2n) is 5.30. The first-order chi connectivity index (χ1) is 10.1. The molecule has 0 aromatic heterocycles. The predicted octanol–water partition coefficient (Wildman–Crippen LogP) is 0.550. The number of fused-ring (bicyclic) bond motifs is 1. The minimum absolute atomic E-state index is 0.0564. The molecule has 3 rings (SSSR count). The van der Waals surface area contributed by atoms with Gasteiger partial charge in [0.2, 0.25) is 5.91 Å². The van der Waals surface area contributed by atoms with Crippen LogP contribution in [0.15, 0.2) is 24.3 Å². The molecule has 1 aromatic rings. The number of rotatable bonds is 2. The molecule has 1 saturated heterocycles. The van der Waals surface area contributed by atoms with Gasteiger partial charge in [0, 0.05) is 6.54 Å². The van der Waals surface area contributed by atoms with Crippen molar-refractivity contribution in [2.45, 2.75) is 12.5 Å². The van der Waals surface area contributed by atoms with Crippen LogP contribution in [0.25, 0.3) is 0 Å². The van der Waals surface area contributed by atoms with Crippen LogP contribution in [0.5, 0.6) is 5.75 Å². The number of amides is 1. The molecule has 2 atom stereocenters. The number of carbonyl (C=O) groups excluding carboxylic acids is 1. The maximum atomic E-state index is 12.5. The Morgan fingerprint density at radius 3 is 2.90 bits per heavy atom. The summed E-state index contributed by atoms with van der Waals surface area (Å²) in [6, 6.07) is 7.67. The fraction of sp³-hybridized carbons (Fsp3) is 0.467. The van der Waals surface area contributed by atoms with Crippen LogP contribution in [-0.4, -0.2) is 54.3 Å². The third-order valence-electron chi connectivity index (χ3n) is 3.88. The summed E-state index contributed by atoms with van der Waals surface area (Å²) < 4.78 is 10.8. The Hall–Kier alpha value is -2.08. The maximum Gasteiger partial charge on any atom is 0.334 e. The minimum Gasteiger partial charge on any atom is -0.492 e. The summed E-state index contributed by atoms with van der Waals surface area (Å²) in [7, 11) is 0. The number of hydrogen-bond donors (Lipinski definition) is 1. The van der Waals surface area contributed by atoms with E-state index < -0.39 is 12.1 Å². The molecule has 112 valence electrons.